The van der Waals surface area contributed by atoms with E-state index in [1.165, 1.54) is 4.90 Å². The van der Waals surface area contributed by atoms with Gasteiger partial charge in [-0.25, -0.2) is 14.8 Å². The number of imidazole rings is 1. The lowest BCUT2D eigenvalue weighted by atomic mass is 10.0. The zero-order chi connectivity index (χ0) is 24.6. The molecular formula is C26H29N5O3. The van der Waals surface area contributed by atoms with E-state index in [2.05, 4.69) is 15.0 Å². The fourth-order valence-corrected chi connectivity index (χ4v) is 3.83. The molecule has 0 aliphatic carbocycles. The number of carbonyl (C=O) groups excluding carboxylic acids is 2. The average molecular weight is 460 g/mol. The summed E-state index contributed by atoms with van der Waals surface area (Å²) in [6.45, 7) is 9.43. The van der Waals surface area contributed by atoms with Gasteiger partial charge in [-0.1, -0.05) is 6.92 Å². The molecule has 4 heterocycles. The molecule has 0 radical (unpaired) electrons. The zero-order valence-electron chi connectivity index (χ0n) is 20.4. The van der Waals surface area contributed by atoms with Gasteiger partial charge in [0.05, 0.1) is 5.52 Å². The topological polar surface area (TPSA) is 89.7 Å². The number of aromatic nitrogens is 4. The molecule has 4 aromatic rings. The molecule has 0 fully saturated rings. The summed E-state index contributed by atoms with van der Waals surface area (Å²) in [6, 6.07) is 5.70. The number of nitrogens with zero attached hydrogens (tertiary/aromatic N) is 5. The minimum Gasteiger partial charge on any atom is -0.443 e. The van der Waals surface area contributed by atoms with E-state index in [4.69, 9.17) is 4.74 Å². The van der Waals surface area contributed by atoms with Gasteiger partial charge in [0.2, 0.25) is 0 Å². The van der Waals surface area contributed by atoms with Crippen molar-refractivity contribution in [2.24, 2.45) is 0 Å². The largest absolute Gasteiger partial charge is 0.443 e. The number of ether oxygens (including phenoxy) is 1. The lowest BCUT2D eigenvalue weighted by Gasteiger charge is -2.24. The van der Waals surface area contributed by atoms with Crippen molar-refractivity contribution in [1.29, 1.82) is 0 Å². The Morgan fingerprint density at radius 2 is 1.82 bits per heavy atom. The highest BCUT2D eigenvalue weighted by Crippen LogP contribution is 2.32. The van der Waals surface area contributed by atoms with Gasteiger partial charge in [0.1, 0.15) is 22.8 Å². The van der Waals surface area contributed by atoms with Crippen molar-refractivity contribution < 1.29 is 14.3 Å². The first kappa shape index (κ1) is 23.4. The van der Waals surface area contributed by atoms with Gasteiger partial charge < -0.3 is 4.74 Å². The van der Waals surface area contributed by atoms with Crippen LogP contribution in [-0.2, 0) is 4.74 Å². The van der Waals surface area contributed by atoms with E-state index < -0.39 is 11.7 Å². The van der Waals surface area contributed by atoms with E-state index >= 15 is 0 Å². The second-order valence-electron chi connectivity index (χ2n) is 9.38. The number of rotatable bonds is 5. The fraction of sp³-hybridized carbons (Fsp3) is 0.346. The monoisotopic (exact) mass is 459 g/mol. The summed E-state index contributed by atoms with van der Waals surface area (Å²) in [7, 11) is 1.64. The summed E-state index contributed by atoms with van der Waals surface area (Å²) in [4.78, 5) is 39.7. The molecule has 1 amide bonds. The maximum atomic E-state index is 12.5. The van der Waals surface area contributed by atoms with Gasteiger partial charge in [-0.2, -0.15) is 0 Å². The van der Waals surface area contributed by atoms with Crippen LogP contribution in [0.3, 0.4) is 0 Å². The Morgan fingerprint density at radius 1 is 1.06 bits per heavy atom. The summed E-state index contributed by atoms with van der Waals surface area (Å²) in [5.74, 6) is 0.522. The van der Waals surface area contributed by atoms with Crippen LogP contribution >= 0.6 is 0 Å². The number of pyridine rings is 3. The molecule has 8 heteroatoms. The average Bonchev–Trinajstić information content (AvgIpc) is 3.27. The molecule has 0 aromatic carbocycles. The number of hydrogen-bond donors (Lipinski definition) is 0. The third-order valence-electron chi connectivity index (χ3n) is 5.51. The van der Waals surface area contributed by atoms with Crippen LogP contribution in [0.2, 0.25) is 0 Å². The van der Waals surface area contributed by atoms with Gasteiger partial charge >= 0.3 is 6.09 Å². The molecule has 0 spiro atoms. The maximum absolute atomic E-state index is 12.5. The predicted octanol–water partition coefficient (Wildman–Crippen LogP) is 5.61. The number of aryl methyl sites for hydroxylation is 1. The standard InChI is InChI=1S/C26H29N5O3/c1-7-8-22(32)20-11-16(2)19(15-28-20)18-12-17-14-29-23(30(6)25(33)34-26(3,4)5)13-21(17)31-10-9-27-24(18)31/h9-15H,7-8H2,1-6H3. The third kappa shape index (κ3) is 4.48. The van der Waals surface area contributed by atoms with Crippen LogP contribution in [0.5, 0.6) is 0 Å². The van der Waals surface area contributed by atoms with E-state index in [0.717, 1.165) is 39.7 Å². The molecule has 4 rings (SSSR count). The third-order valence-corrected chi connectivity index (χ3v) is 5.51. The van der Waals surface area contributed by atoms with Gasteiger partial charge in [0, 0.05) is 60.8 Å². The Hall–Kier alpha value is -3.81. The SMILES string of the molecule is CCCC(=O)c1cc(C)c(-c2cc3cnc(N(C)C(=O)OC(C)(C)C)cc3n3ccnc23)cn1. The Morgan fingerprint density at radius 3 is 2.50 bits per heavy atom. The molecule has 0 atom stereocenters. The molecule has 0 saturated carbocycles. The Bertz CT molecular complexity index is 1400. The van der Waals surface area contributed by atoms with E-state index in [1.807, 2.05) is 63.4 Å². The first-order chi connectivity index (χ1) is 16.1. The summed E-state index contributed by atoms with van der Waals surface area (Å²) in [6.07, 6.45) is 7.88. The van der Waals surface area contributed by atoms with Gasteiger partial charge in [0.15, 0.2) is 5.78 Å². The number of anilines is 1. The number of hydrogen-bond acceptors (Lipinski definition) is 6. The number of Topliss-reactive ketones (excluding diaryl/α,β-unsaturated/α-hetero) is 1. The molecule has 8 nitrogen and oxygen atoms in total. The van der Waals surface area contributed by atoms with Crippen molar-refractivity contribution in [3.63, 3.8) is 0 Å². The summed E-state index contributed by atoms with van der Waals surface area (Å²) in [5, 5.41) is 0.882. The molecule has 34 heavy (non-hydrogen) atoms. The summed E-state index contributed by atoms with van der Waals surface area (Å²) >= 11 is 0. The van der Waals surface area contributed by atoms with Crippen LogP contribution in [-0.4, -0.2) is 43.9 Å². The molecule has 0 aliphatic rings. The second kappa shape index (κ2) is 8.85. The quantitative estimate of drug-likeness (QED) is 0.361. The van der Waals surface area contributed by atoms with E-state index in [0.29, 0.717) is 17.9 Å². The Kier molecular flexibility index (Phi) is 6.08. The second-order valence-corrected chi connectivity index (χ2v) is 9.38. The molecule has 176 valence electrons. The smallest absolute Gasteiger partial charge is 0.415 e. The van der Waals surface area contributed by atoms with E-state index in [1.54, 1.807) is 25.6 Å². The molecule has 0 unspecified atom stereocenters. The van der Waals surface area contributed by atoms with Crippen molar-refractivity contribution >= 4 is 34.2 Å². The minimum atomic E-state index is -0.600. The molecular weight excluding hydrogens is 430 g/mol. The molecule has 0 bridgehead atoms. The van der Waals surface area contributed by atoms with Crippen molar-refractivity contribution in [1.82, 2.24) is 19.4 Å². The summed E-state index contributed by atoms with van der Waals surface area (Å²) < 4.78 is 7.43. The van der Waals surface area contributed by atoms with E-state index in [-0.39, 0.29) is 5.78 Å². The van der Waals surface area contributed by atoms with Gasteiger partial charge in [-0.3, -0.25) is 19.1 Å². The molecule has 4 aromatic heterocycles. The van der Waals surface area contributed by atoms with Crippen LogP contribution in [0.15, 0.2) is 43.0 Å². The van der Waals surface area contributed by atoms with Crippen LogP contribution < -0.4 is 4.90 Å². The number of carbonyl (C=O) groups is 2. The highest BCUT2D eigenvalue weighted by atomic mass is 16.6. The zero-order valence-corrected chi connectivity index (χ0v) is 20.4. The number of amides is 1. The van der Waals surface area contributed by atoms with Gasteiger partial charge in [-0.15, -0.1) is 0 Å². The van der Waals surface area contributed by atoms with Crippen LogP contribution in [0.4, 0.5) is 10.6 Å². The van der Waals surface area contributed by atoms with E-state index in [9.17, 15) is 9.59 Å². The maximum Gasteiger partial charge on any atom is 0.415 e. The minimum absolute atomic E-state index is 0.0486. The Balaban J connectivity index is 1.78. The normalized spacial score (nSPS) is 11.7. The number of fused-ring (bicyclic) bond motifs is 3. The Labute approximate surface area is 198 Å². The lowest BCUT2D eigenvalue weighted by molar-refractivity contribution is 0.0588. The van der Waals surface area contributed by atoms with Crippen LogP contribution in [0, 0.1) is 6.92 Å². The van der Waals surface area contributed by atoms with Crippen molar-refractivity contribution in [3.05, 3.63) is 54.2 Å². The number of ketones is 1. The summed E-state index contributed by atoms with van der Waals surface area (Å²) in [5.41, 5.74) is 4.25. The molecule has 0 N–H and O–H groups in total. The van der Waals surface area contributed by atoms with Crippen molar-refractivity contribution in [2.45, 2.75) is 53.1 Å². The van der Waals surface area contributed by atoms with Crippen LogP contribution in [0.1, 0.15) is 56.6 Å². The van der Waals surface area contributed by atoms with Crippen LogP contribution in [0.25, 0.3) is 27.7 Å². The predicted molar refractivity (Wildman–Crippen MR) is 132 cm³/mol. The van der Waals surface area contributed by atoms with Crippen molar-refractivity contribution in [2.75, 3.05) is 11.9 Å². The molecule has 0 saturated heterocycles. The highest BCUT2D eigenvalue weighted by molar-refractivity contribution is 5.97. The van der Waals surface area contributed by atoms with Crippen molar-refractivity contribution in [3.8, 4) is 11.1 Å². The first-order valence-electron chi connectivity index (χ1n) is 11.3. The van der Waals surface area contributed by atoms with Gasteiger partial charge in [0.25, 0.3) is 0 Å². The fourth-order valence-electron chi connectivity index (χ4n) is 3.83. The first-order valence-corrected chi connectivity index (χ1v) is 11.3. The highest BCUT2D eigenvalue weighted by Gasteiger charge is 2.22. The lowest BCUT2D eigenvalue weighted by Crippen LogP contribution is -2.34. The van der Waals surface area contributed by atoms with Gasteiger partial charge in [-0.05, 0) is 51.8 Å². The molecule has 0 aliphatic heterocycles.